The van der Waals surface area contributed by atoms with Gasteiger partial charge < -0.3 is 15.2 Å². The smallest absolute Gasteiger partial charge is 0.191 e. The van der Waals surface area contributed by atoms with Crippen LogP contribution < -0.4 is 10.6 Å². The minimum atomic E-state index is -0.329. The first-order valence-corrected chi connectivity index (χ1v) is 8.69. The molecule has 1 aromatic heterocycles. The average Bonchev–Trinajstić information content (AvgIpc) is 3.20. The summed E-state index contributed by atoms with van der Waals surface area (Å²) in [5.41, 5.74) is 2.15. The maximum Gasteiger partial charge on any atom is 0.191 e. The molecule has 0 unspecified atom stereocenters. The summed E-state index contributed by atoms with van der Waals surface area (Å²) in [5, 5.41) is 6.33. The number of guanidine groups is 1. The van der Waals surface area contributed by atoms with Crippen LogP contribution in [-0.4, -0.2) is 22.1 Å². The van der Waals surface area contributed by atoms with Crippen molar-refractivity contribution in [3.8, 4) is 5.69 Å². The zero-order valence-corrected chi connectivity index (χ0v) is 17.7. The summed E-state index contributed by atoms with van der Waals surface area (Å²) in [5.74, 6) is 0.0198. The number of hydrogen-bond acceptors (Lipinski definition) is 2. The van der Waals surface area contributed by atoms with E-state index in [-0.39, 0.29) is 35.6 Å². The molecule has 5 nitrogen and oxygen atoms in total. The summed E-state index contributed by atoms with van der Waals surface area (Å²) >= 11 is 0. The van der Waals surface area contributed by atoms with Crippen LogP contribution in [0.15, 0.2) is 66.2 Å². The molecule has 0 bridgehead atoms. The Morgan fingerprint density at radius 1 is 1.07 bits per heavy atom. The van der Waals surface area contributed by atoms with Gasteiger partial charge in [-0.15, -0.1) is 24.0 Å². The van der Waals surface area contributed by atoms with Crippen molar-refractivity contribution in [3.63, 3.8) is 0 Å². The van der Waals surface area contributed by atoms with Crippen LogP contribution in [0.1, 0.15) is 18.1 Å². The van der Waals surface area contributed by atoms with Gasteiger partial charge in [0.25, 0.3) is 0 Å². The van der Waals surface area contributed by atoms with Gasteiger partial charge in [-0.3, -0.25) is 0 Å². The zero-order chi connectivity index (χ0) is 19.1. The summed E-state index contributed by atoms with van der Waals surface area (Å²) in [6.07, 6.45) is 4.85. The fraction of sp³-hybridized carbons (Fsp3) is 0.200. The lowest BCUT2D eigenvalue weighted by molar-refractivity contribution is 0.615. The molecular formula is C20H22F2IN5. The van der Waals surface area contributed by atoms with Gasteiger partial charge >= 0.3 is 0 Å². The Morgan fingerprint density at radius 3 is 2.46 bits per heavy atom. The van der Waals surface area contributed by atoms with E-state index in [0.29, 0.717) is 31.3 Å². The zero-order valence-electron chi connectivity index (χ0n) is 15.4. The highest BCUT2D eigenvalue weighted by atomic mass is 127. The lowest BCUT2D eigenvalue weighted by Crippen LogP contribution is -2.36. The third-order valence-electron chi connectivity index (χ3n) is 3.93. The second-order valence-corrected chi connectivity index (χ2v) is 5.93. The number of nitrogens with zero attached hydrogens (tertiary/aromatic N) is 3. The van der Waals surface area contributed by atoms with Gasteiger partial charge in [-0.1, -0.05) is 18.2 Å². The maximum atomic E-state index is 14.3. The van der Waals surface area contributed by atoms with Gasteiger partial charge in [0, 0.05) is 25.5 Å². The number of imidazole rings is 1. The Balaban J connectivity index is 0.00000280. The van der Waals surface area contributed by atoms with Gasteiger partial charge in [0.1, 0.15) is 11.6 Å². The van der Waals surface area contributed by atoms with Crippen molar-refractivity contribution < 1.29 is 8.78 Å². The molecule has 28 heavy (non-hydrogen) atoms. The lowest BCUT2D eigenvalue weighted by atomic mass is 10.2. The molecule has 8 heteroatoms. The van der Waals surface area contributed by atoms with Crippen molar-refractivity contribution in [1.82, 2.24) is 20.2 Å². The van der Waals surface area contributed by atoms with Gasteiger partial charge in [0.15, 0.2) is 5.96 Å². The quantitative estimate of drug-likeness (QED) is 0.308. The highest BCUT2D eigenvalue weighted by molar-refractivity contribution is 14.0. The second-order valence-electron chi connectivity index (χ2n) is 5.93. The van der Waals surface area contributed by atoms with E-state index in [1.165, 1.54) is 18.2 Å². The minimum absolute atomic E-state index is 0. The van der Waals surface area contributed by atoms with E-state index in [2.05, 4.69) is 20.6 Å². The van der Waals surface area contributed by atoms with Crippen molar-refractivity contribution in [2.75, 3.05) is 6.54 Å². The Kier molecular flexibility index (Phi) is 8.37. The van der Waals surface area contributed by atoms with Crippen molar-refractivity contribution in [1.29, 1.82) is 0 Å². The fourth-order valence-electron chi connectivity index (χ4n) is 2.56. The molecule has 0 aliphatic rings. The fourth-order valence-corrected chi connectivity index (χ4v) is 2.56. The van der Waals surface area contributed by atoms with Gasteiger partial charge in [-0.25, -0.2) is 18.8 Å². The number of rotatable bonds is 6. The van der Waals surface area contributed by atoms with Gasteiger partial charge in [0.2, 0.25) is 0 Å². The van der Waals surface area contributed by atoms with E-state index in [9.17, 15) is 8.78 Å². The van der Waals surface area contributed by atoms with Crippen molar-refractivity contribution in [2.24, 2.45) is 4.99 Å². The first kappa shape index (κ1) is 21.8. The summed E-state index contributed by atoms with van der Waals surface area (Å²) in [4.78, 5) is 8.41. The monoisotopic (exact) mass is 497 g/mol. The van der Waals surface area contributed by atoms with Crippen molar-refractivity contribution in [2.45, 2.75) is 20.0 Å². The van der Waals surface area contributed by atoms with Crippen LogP contribution in [0.2, 0.25) is 0 Å². The lowest BCUT2D eigenvalue weighted by Gasteiger charge is -2.12. The third kappa shape index (κ3) is 6.01. The predicted octanol–water partition coefficient (Wildman–Crippen LogP) is 4.02. The molecule has 2 N–H and O–H groups in total. The van der Waals surface area contributed by atoms with Crippen LogP contribution in [0.25, 0.3) is 5.69 Å². The van der Waals surface area contributed by atoms with Crippen LogP contribution in [0.4, 0.5) is 8.78 Å². The molecule has 0 saturated carbocycles. The molecule has 3 aromatic rings. The van der Waals surface area contributed by atoms with E-state index >= 15 is 0 Å². The molecule has 1 heterocycles. The Morgan fingerprint density at radius 2 is 1.82 bits per heavy atom. The molecule has 0 saturated heterocycles. The highest BCUT2D eigenvalue weighted by Gasteiger charge is 2.06. The van der Waals surface area contributed by atoms with Crippen molar-refractivity contribution >= 4 is 29.9 Å². The van der Waals surface area contributed by atoms with Gasteiger partial charge in [0.05, 0.1) is 18.6 Å². The summed E-state index contributed by atoms with van der Waals surface area (Å²) in [7, 11) is 0. The largest absolute Gasteiger partial charge is 0.357 e. The second kappa shape index (κ2) is 10.7. The molecule has 0 aliphatic heterocycles. The number of aromatic nitrogens is 2. The standard InChI is InChI=1S/C20H21F2N5.HI/c1-2-24-20(25-12-15-3-6-17(21)7-4-15)26-13-16-5-8-19(18(22)11-16)27-10-9-23-14-27;/h3-11,14H,2,12-13H2,1H3,(H2,24,25,26);1H. The molecule has 0 aliphatic carbocycles. The van der Waals surface area contributed by atoms with Crippen LogP contribution in [0.3, 0.4) is 0 Å². The molecular weight excluding hydrogens is 475 g/mol. The van der Waals surface area contributed by atoms with Crippen LogP contribution in [-0.2, 0) is 13.1 Å². The van der Waals surface area contributed by atoms with Crippen molar-refractivity contribution in [3.05, 3.63) is 83.9 Å². The van der Waals surface area contributed by atoms with E-state index in [1.807, 2.05) is 13.0 Å². The Hall–Kier alpha value is -2.49. The van der Waals surface area contributed by atoms with Crippen LogP contribution in [0, 0.1) is 11.6 Å². The normalized spacial score (nSPS) is 11.0. The third-order valence-corrected chi connectivity index (χ3v) is 3.93. The average molecular weight is 497 g/mol. The van der Waals surface area contributed by atoms with Gasteiger partial charge in [-0.2, -0.15) is 0 Å². The minimum Gasteiger partial charge on any atom is -0.357 e. The first-order valence-electron chi connectivity index (χ1n) is 8.69. The molecule has 0 atom stereocenters. The summed E-state index contributed by atoms with van der Waals surface area (Å²) in [6.45, 7) is 3.51. The highest BCUT2D eigenvalue weighted by Crippen LogP contribution is 2.15. The van der Waals surface area contributed by atoms with E-state index in [4.69, 9.17) is 0 Å². The predicted molar refractivity (Wildman–Crippen MR) is 117 cm³/mol. The first-order chi connectivity index (χ1) is 13.2. The van der Waals surface area contributed by atoms with Crippen LogP contribution in [0.5, 0.6) is 0 Å². The molecule has 0 radical (unpaired) electrons. The van der Waals surface area contributed by atoms with E-state index in [0.717, 1.165) is 11.1 Å². The number of aliphatic imine (C=N–C) groups is 1. The maximum absolute atomic E-state index is 14.3. The van der Waals surface area contributed by atoms with E-state index in [1.54, 1.807) is 41.5 Å². The van der Waals surface area contributed by atoms with Crippen LogP contribution >= 0.6 is 24.0 Å². The Labute approximate surface area is 179 Å². The SMILES string of the molecule is CCNC(=NCc1ccc(-n2ccnc2)c(F)c1)NCc1ccc(F)cc1.I. The summed E-state index contributed by atoms with van der Waals surface area (Å²) < 4.78 is 28.9. The number of benzene rings is 2. The Bertz CT molecular complexity index is 895. The summed E-state index contributed by atoms with van der Waals surface area (Å²) in [6, 6.07) is 11.3. The molecule has 0 spiro atoms. The number of nitrogens with one attached hydrogen (secondary N) is 2. The molecule has 2 aromatic carbocycles. The number of halogens is 3. The van der Waals surface area contributed by atoms with Gasteiger partial charge in [-0.05, 0) is 42.3 Å². The molecule has 0 amide bonds. The molecule has 0 fully saturated rings. The topological polar surface area (TPSA) is 54.2 Å². The number of hydrogen-bond donors (Lipinski definition) is 2. The molecule has 3 rings (SSSR count). The van der Waals surface area contributed by atoms with E-state index < -0.39 is 0 Å². The molecule has 148 valence electrons.